The molecule has 0 atom stereocenters. The number of aromatic hydroxyl groups is 2. The van der Waals surface area contributed by atoms with Crippen LogP contribution in [0.2, 0.25) is 0 Å². The molecule has 4 aromatic rings. The van der Waals surface area contributed by atoms with Gasteiger partial charge in [-0.25, -0.2) is 0 Å². The van der Waals surface area contributed by atoms with Crippen LogP contribution < -0.4 is 4.74 Å². The highest BCUT2D eigenvalue weighted by molar-refractivity contribution is 5.78. The van der Waals surface area contributed by atoms with Crippen LogP contribution in [0.15, 0.2) is 84.9 Å². The van der Waals surface area contributed by atoms with Crippen LogP contribution in [0.1, 0.15) is 30.5 Å². The van der Waals surface area contributed by atoms with Crippen molar-refractivity contribution in [2.45, 2.75) is 33.3 Å². The highest BCUT2D eigenvalue weighted by atomic mass is 16.5. The van der Waals surface area contributed by atoms with Gasteiger partial charge in [0.25, 0.3) is 0 Å². The van der Waals surface area contributed by atoms with E-state index in [0.29, 0.717) is 12.4 Å². The van der Waals surface area contributed by atoms with Gasteiger partial charge in [0.1, 0.15) is 12.4 Å². The van der Waals surface area contributed by atoms with Crippen molar-refractivity contribution in [2.75, 3.05) is 0 Å². The zero-order valence-corrected chi connectivity index (χ0v) is 18.5. The molecule has 0 radical (unpaired) electrons. The van der Waals surface area contributed by atoms with E-state index in [1.54, 1.807) is 18.2 Å². The largest absolute Gasteiger partial charge is 0.508 e. The molecular formula is C29H28O3. The second-order valence-corrected chi connectivity index (χ2v) is 7.88. The lowest BCUT2D eigenvalue weighted by Gasteiger charge is -2.17. The van der Waals surface area contributed by atoms with Crippen molar-refractivity contribution in [2.24, 2.45) is 0 Å². The fraction of sp³-hybridized carbons (Fsp3) is 0.172. The van der Waals surface area contributed by atoms with Crippen molar-refractivity contribution >= 4 is 0 Å². The van der Waals surface area contributed by atoms with Crippen LogP contribution in [0.5, 0.6) is 17.2 Å². The summed E-state index contributed by atoms with van der Waals surface area (Å²) in [5.41, 5.74) is 7.86. The Kier molecular flexibility index (Phi) is 6.46. The van der Waals surface area contributed by atoms with Gasteiger partial charge in [0, 0.05) is 0 Å². The molecule has 0 aliphatic rings. The molecule has 162 valence electrons. The lowest BCUT2D eigenvalue weighted by molar-refractivity contribution is 0.289. The molecule has 4 aromatic carbocycles. The lowest BCUT2D eigenvalue weighted by Crippen LogP contribution is -1.97. The first-order chi connectivity index (χ1) is 15.6. The molecule has 0 aliphatic heterocycles. The molecule has 0 fully saturated rings. The second-order valence-electron chi connectivity index (χ2n) is 7.88. The van der Waals surface area contributed by atoms with Crippen molar-refractivity contribution in [3.8, 4) is 39.5 Å². The lowest BCUT2D eigenvalue weighted by atomic mass is 9.89. The molecule has 0 saturated carbocycles. The number of aryl methyl sites for hydroxylation is 2. The van der Waals surface area contributed by atoms with Gasteiger partial charge in [-0.1, -0.05) is 74.5 Å². The van der Waals surface area contributed by atoms with E-state index in [9.17, 15) is 10.2 Å². The zero-order valence-electron chi connectivity index (χ0n) is 18.5. The van der Waals surface area contributed by atoms with Crippen molar-refractivity contribution in [3.05, 3.63) is 102 Å². The molecule has 32 heavy (non-hydrogen) atoms. The molecule has 0 saturated heterocycles. The summed E-state index contributed by atoms with van der Waals surface area (Å²) in [5.74, 6) is 0.886. The van der Waals surface area contributed by atoms with E-state index in [0.717, 1.165) is 35.1 Å². The van der Waals surface area contributed by atoms with Crippen molar-refractivity contribution in [3.63, 3.8) is 0 Å². The smallest absolute Gasteiger partial charge is 0.161 e. The molecule has 0 amide bonds. The Balaban J connectivity index is 1.66. The Bertz CT molecular complexity index is 1200. The first-order valence-electron chi connectivity index (χ1n) is 11.0. The van der Waals surface area contributed by atoms with E-state index in [2.05, 4.69) is 26.0 Å². The molecule has 0 heterocycles. The van der Waals surface area contributed by atoms with E-state index in [1.807, 2.05) is 54.6 Å². The van der Waals surface area contributed by atoms with E-state index < -0.39 is 0 Å². The van der Waals surface area contributed by atoms with Crippen LogP contribution in [0.4, 0.5) is 0 Å². The number of phenolic OH excluding ortho intramolecular Hbond substituents is 2. The van der Waals surface area contributed by atoms with Crippen LogP contribution in [-0.4, -0.2) is 10.2 Å². The molecule has 2 N–H and O–H groups in total. The summed E-state index contributed by atoms with van der Waals surface area (Å²) < 4.78 is 5.83. The number of hydrogen-bond donors (Lipinski definition) is 2. The molecule has 4 rings (SSSR count). The van der Waals surface area contributed by atoms with Crippen LogP contribution in [0.3, 0.4) is 0 Å². The zero-order chi connectivity index (χ0) is 22.5. The van der Waals surface area contributed by atoms with Crippen LogP contribution in [-0.2, 0) is 19.4 Å². The van der Waals surface area contributed by atoms with Crippen LogP contribution in [0, 0.1) is 0 Å². The maximum absolute atomic E-state index is 10.6. The predicted molar refractivity (Wildman–Crippen MR) is 130 cm³/mol. The minimum absolute atomic E-state index is 0.140. The Hall–Kier alpha value is -3.72. The summed E-state index contributed by atoms with van der Waals surface area (Å²) in [4.78, 5) is 0. The molecule has 3 nitrogen and oxygen atoms in total. The third-order valence-electron chi connectivity index (χ3n) is 5.78. The maximum Gasteiger partial charge on any atom is 0.161 e. The quantitative estimate of drug-likeness (QED) is 0.332. The van der Waals surface area contributed by atoms with Gasteiger partial charge in [-0.3, -0.25) is 0 Å². The first-order valence-corrected chi connectivity index (χ1v) is 11.0. The van der Waals surface area contributed by atoms with Gasteiger partial charge in [0.05, 0.1) is 0 Å². The number of ether oxygens (including phenoxy) is 1. The van der Waals surface area contributed by atoms with Crippen LogP contribution >= 0.6 is 0 Å². The summed E-state index contributed by atoms with van der Waals surface area (Å²) >= 11 is 0. The number of phenols is 2. The van der Waals surface area contributed by atoms with Gasteiger partial charge in [-0.2, -0.15) is 0 Å². The van der Waals surface area contributed by atoms with Gasteiger partial charge in [-0.15, -0.1) is 0 Å². The topological polar surface area (TPSA) is 49.7 Å². The fourth-order valence-electron chi connectivity index (χ4n) is 4.00. The summed E-state index contributed by atoms with van der Waals surface area (Å²) in [5, 5.41) is 20.3. The third kappa shape index (κ3) is 4.62. The molecule has 0 spiro atoms. The molecule has 0 unspecified atom stereocenters. The van der Waals surface area contributed by atoms with Gasteiger partial charge < -0.3 is 14.9 Å². The Labute approximate surface area is 189 Å². The summed E-state index contributed by atoms with van der Waals surface area (Å²) in [6.45, 7) is 4.70. The fourth-order valence-corrected chi connectivity index (χ4v) is 4.00. The Morgan fingerprint density at radius 1 is 0.656 bits per heavy atom. The Morgan fingerprint density at radius 2 is 1.25 bits per heavy atom. The van der Waals surface area contributed by atoms with Gasteiger partial charge in [0.15, 0.2) is 11.5 Å². The van der Waals surface area contributed by atoms with Gasteiger partial charge >= 0.3 is 0 Å². The number of hydrogen-bond acceptors (Lipinski definition) is 3. The summed E-state index contributed by atoms with van der Waals surface area (Å²) in [6, 6.07) is 27.4. The summed E-state index contributed by atoms with van der Waals surface area (Å²) in [6.07, 6.45) is 1.76. The maximum atomic E-state index is 10.6. The first kappa shape index (κ1) is 21.5. The average molecular weight is 425 g/mol. The highest BCUT2D eigenvalue weighted by Crippen LogP contribution is 2.37. The Morgan fingerprint density at radius 3 is 1.84 bits per heavy atom. The SMILES string of the molecule is CCc1cc(-c2ccc(OCc3ccccc3)c(O)c2)c(CC)cc1-c1ccc(O)cc1. The van der Waals surface area contributed by atoms with Crippen molar-refractivity contribution < 1.29 is 14.9 Å². The minimum atomic E-state index is 0.140. The normalized spacial score (nSPS) is 10.8. The van der Waals surface area contributed by atoms with E-state index in [4.69, 9.17) is 4.74 Å². The molecular weight excluding hydrogens is 396 g/mol. The molecule has 3 heteroatoms. The molecule has 0 aromatic heterocycles. The van der Waals surface area contributed by atoms with E-state index in [1.165, 1.54) is 16.7 Å². The monoisotopic (exact) mass is 424 g/mol. The molecule has 0 aliphatic carbocycles. The highest BCUT2D eigenvalue weighted by Gasteiger charge is 2.13. The van der Waals surface area contributed by atoms with Crippen LogP contribution in [0.25, 0.3) is 22.3 Å². The minimum Gasteiger partial charge on any atom is -0.508 e. The molecule has 0 bridgehead atoms. The number of rotatable bonds is 7. The number of benzene rings is 4. The van der Waals surface area contributed by atoms with Crippen molar-refractivity contribution in [1.82, 2.24) is 0 Å². The van der Waals surface area contributed by atoms with E-state index in [-0.39, 0.29) is 11.5 Å². The summed E-state index contributed by atoms with van der Waals surface area (Å²) in [7, 11) is 0. The second kappa shape index (κ2) is 9.61. The van der Waals surface area contributed by atoms with Crippen molar-refractivity contribution in [1.29, 1.82) is 0 Å². The van der Waals surface area contributed by atoms with Gasteiger partial charge in [0.2, 0.25) is 0 Å². The van der Waals surface area contributed by atoms with Gasteiger partial charge in [-0.05, 0) is 76.1 Å². The third-order valence-corrected chi connectivity index (χ3v) is 5.78. The predicted octanol–water partition coefficient (Wildman–Crippen LogP) is 7.14. The average Bonchev–Trinajstić information content (AvgIpc) is 2.83. The van der Waals surface area contributed by atoms with E-state index >= 15 is 0 Å². The standard InChI is InChI=1S/C29H28O3/c1-3-21-17-27(22(4-2)16-26(21)23-10-13-25(30)14-11-23)24-12-15-29(28(31)18-24)32-19-20-8-6-5-7-9-20/h5-18,30-31H,3-4,19H2,1-2H3.